The van der Waals surface area contributed by atoms with Crippen molar-refractivity contribution in [3.63, 3.8) is 0 Å². The van der Waals surface area contributed by atoms with Crippen LogP contribution >= 0.6 is 0 Å². The van der Waals surface area contributed by atoms with Crippen LogP contribution in [0.5, 0.6) is 0 Å². The highest BCUT2D eigenvalue weighted by Crippen LogP contribution is 2.68. The van der Waals surface area contributed by atoms with E-state index in [2.05, 4.69) is 0 Å². The molecule has 0 heterocycles. The Labute approximate surface area is 166 Å². The molecule has 3 fully saturated rings. The highest BCUT2D eigenvalue weighted by Gasteiger charge is 2.68. The lowest BCUT2D eigenvalue weighted by molar-refractivity contribution is -0.184. The van der Waals surface area contributed by atoms with Crippen LogP contribution in [-0.2, 0) is 9.59 Å². The van der Waals surface area contributed by atoms with E-state index in [0.717, 1.165) is 0 Å². The second-order valence-corrected chi connectivity index (χ2v) is 9.32. The van der Waals surface area contributed by atoms with Crippen molar-refractivity contribution in [2.75, 3.05) is 6.61 Å². The minimum atomic E-state index is -2.97. The molecular formula is C22H32O5. The topological polar surface area (TPSA) is 94.8 Å². The lowest BCUT2D eigenvalue weighted by atomic mass is 9.44. The second-order valence-electron chi connectivity index (χ2n) is 9.32. The first kappa shape index (κ1) is 14.9. The highest BCUT2D eigenvalue weighted by atomic mass is 16.3. The third kappa shape index (κ3) is 2.34. The van der Waals surface area contributed by atoms with E-state index in [4.69, 9.17) is 4.11 Å². The molecule has 4 rings (SSSR count). The molecule has 4 aliphatic rings. The van der Waals surface area contributed by atoms with Gasteiger partial charge in [0.1, 0.15) is 12.2 Å². The van der Waals surface area contributed by atoms with Gasteiger partial charge in [0, 0.05) is 15.9 Å². The van der Waals surface area contributed by atoms with Gasteiger partial charge in [-0.3, -0.25) is 9.59 Å². The molecule has 0 unspecified atom stereocenters. The quantitative estimate of drug-likeness (QED) is 0.681. The SMILES string of the molecule is [2H]C1([2H])[C@]([2H])(O)[C@@]2([2H])[C@@H](C[C@H](C)C3=CC(=O)CC[C@@]32C)[C@@H]2CC[C@](O)(C(=O)CO)[C@]21C. The molecular weight excluding hydrogens is 344 g/mol. The molecule has 0 spiro atoms. The second kappa shape index (κ2) is 5.98. The number of hydrogen-bond donors (Lipinski definition) is 3. The molecule has 0 radical (unpaired) electrons. The zero-order chi connectivity index (χ0) is 23.4. The summed E-state index contributed by atoms with van der Waals surface area (Å²) >= 11 is 0. The number of Topliss-reactive ketones (excluding diaryl/α,β-unsaturated/α-hetero) is 1. The van der Waals surface area contributed by atoms with Crippen LogP contribution in [0.3, 0.4) is 0 Å². The fourth-order valence-electron chi connectivity index (χ4n) is 6.63. The van der Waals surface area contributed by atoms with Gasteiger partial charge in [-0.05, 0) is 67.2 Å². The Bertz CT molecular complexity index is 887. The average Bonchev–Trinajstić information content (AvgIpc) is 2.98. The molecule has 0 amide bonds. The molecule has 0 aliphatic heterocycles. The Morgan fingerprint density at radius 2 is 2.11 bits per heavy atom. The maximum absolute atomic E-state index is 12.6. The molecule has 0 aromatic heterocycles. The Balaban J connectivity index is 2.00. The van der Waals surface area contributed by atoms with Crippen molar-refractivity contribution in [1.82, 2.24) is 0 Å². The van der Waals surface area contributed by atoms with Crippen molar-refractivity contribution in [3.8, 4) is 0 Å². The van der Waals surface area contributed by atoms with E-state index in [1.807, 2.05) is 6.92 Å². The van der Waals surface area contributed by atoms with Gasteiger partial charge in [-0.15, -0.1) is 0 Å². The number of fused-ring (bicyclic) bond motifs is 5. The Kier molecular flexibility index (Phi) is 3.30. The molecule has 3 saturated carbocycles. The molecule has 0 aromatic carbocycles. The molecule has 3 N–H and O–H groups in total. The van der Waals surface area contributed by atoms with Gasteiger partial charge < -0.3 is 15.3 Å². The summed E-state index contributed by atoms with van der Waals surface area (Å²) in [7, 11) is 0. The minimum absolute atomic E-state index is 0.0673. The van der Waals surface area contributed by atoms with Gasteiger partial charge in [0.2, 0.25) is 0 Å². The Hall–Kier alpha value is -1.04. The van der Waals surface area contributed by atoms with Crippen molar-refractivity contribution in [3.05, 3.63) is 11.6 Å². The van der Waals surface area contributed by atoms with Crippen LogP contribution in [0.4, 0.5) is 0 Å². The number of rotatable bonds is 2. The van der Waals surface area contributed by atoms with E-state index in [0.29, 0.717) is 12.0 Å². The van der Waals surface area contributed by atoms with Crippen LogP contribution in [0.2, 0.25) is 0 Å². The summed E-state index contributed by atoms with van der Waals surface area (Å²) in [5.74, 6) is -4.42. The van der Waals surface area contributed by atoms with Crippen LogP contribution < -0.4 is 0 Å². The summed E-state index contributed by atoms with van der Waals surface area (Å²) in [6.07, 6.45) is -3.40. The first-order valence-corrected chi connectivity index (χ1v) is 9.91. The number of ketones is 2. The van der Waals surface area contributed by atoms with Gasteiger partial charge in [-0.2, -0.15) is 0 Å². The summed E-state index contributed by atoms with van der Waals surface area (Å²) in [5, 5.41) is 32.5. The summed E-state index contributed by atoms with van der Waals surface area (Å²) in [6.45, 7) is 4.11. The molecule has 0 bridgehead atoms. The number of carbonyl (C=O) groups is 2. The lowest BCUT2D eigenvalue weighted by Crippen LogP contribution is -2.62. The van der Waals surface area contributed by atoms with E-state index >= 15 is 0 Å². The van der Waals surface area contributed by atoms with Crippen molar-refractivity contribution in [2.24, 2.45) is 34.5 Å². The van der Waals surface area contributed by atoms with Crippen LogP contribution in [0.1, 0.15) is 64.7 Å². The molecule has 0 saturated heterocycles. The van der Waals surface area contributed by atoms with Gasteiger partial charge in [0.05, 0.1) is 7.45 Å². The lowest BCUT2D eigenvalue weighted by Gasteiger charge is -2.61. The first-order valence-electron chi connectivity index (χ1n) is 11.9. The minimum Gasteiger partial charge on any atom is -0.393 e. The van der Waals surface area contributed by atoms with Gasteiger partial charge in [-0.25, -0.2) is 0 Å². The number of aliphatic hydroxyl groups is 3. The predicted molar refractivity (Wildman–Crippen MR) is 99.7 cm³/mol. The number of allylic oxidation sites excluding steroid dienone is 1. The van der Waals surface area contributed by atoms with Crippen molar-refractivity contribution >= 4 is 11.6 Å². The average molecular weight is 381 g/mol. The summed E-state index contributed by atoms with van der Waals surface area (Å²) in [6, 6.07) is 0. The number of hydrogen-bond acceptors (Lipinski definition) is 5. The van der Waals surface area contributed by atoms with Gasteiger partial charge in [0.25, 0.3) is 0 Å². The highest BCUT2D eigenvalue weighted by molar-refractivity contribution is 5.92. The van der Waals surface area contributed by atoms with Gasteiger partial charge >= 0.3 is 0 Å². The molecule has 5 nitrogen and oxygen atoms in total. The summed E-state index contributed by atoms with van der Waals surface area (Å²) in [5.41, 5.74) is -4.52. The van der Waals surface area contributed by atoms with Gasteiger partial charge in [-0.1, -0.05) is 26.3 Å². The van der Waals surface area contributed by atoms with Crippen LogP contribution in [0, 0.1) is 34.5 Å². The molecule has 0 aromatic rings. The van der Waals surface area contributed by atoms with Crippen molar-refractivity contribution < 1.29 is 30.4 Å². The van der Waals surface area contributed by atoms with E-state index in [1.165, 1.54) is 13.0 Å². The third-order valence-corrected chi connectivity index (χ3v) is 8.07. The maximum Gasteiger partial charge on any atom is 0.190 e. The van der Waals surface area contributed by atoms with Crippen LogP contribution in [0.15, 0.2) is 11.6 Å². The Morgan fingerprint density at radius 3 is 2.78 bits per heavy atom. The molecule has 8 atom stereocenters. The maximum atomic E-state index is 12.6. The third-order valence-electron chi connectivity index (χ3n) is 8.07. The summed E-state index contributed by atoms with van der Waals surface area (Å²) in [4.78, 5) is 24.8. The molecule has 150 valence electrons. The Morgan fingerprint density at radius 1 is 1.41 bits per heavy atom. The first-order chi connectivity index (χ1) is 14.1. The number of carbonyl (C=O) groups excluding carboxylic acids is 2. The normalized spacial score (nSPS) is 61.3. The fourth-order valence-corrected chi connectivity index (χ4v) is 6.63. The van der Waals surface area contributed by atoms with E-state index in [-0.39, 0.29) is 37.4 Å². The molecule has 4 aliphatic carbocycles. The zero-order valence-electron chi connectivity index (χ0n) is 20.2. The smallest absolute Gasteiger partial charge is 0.190 e. The predicted octanol–water partition coefficient (Wildman–Crippen LogP) is 2.03. The van der Waals surface area contributed by atoms with Crippen LogP contribution in [-0.4, -0.2) is 45.2 Å². The molecule has 27 heavy (non-hydrogen) atoms. The largest absolute Gasteiger partial charge is 0.393 e. The number of aliphatic hydroxyl groups excluding tert-OH is 1. The van der Waals surface area contributed by atoms with Crippen LogP contribution in [0.25, 0.3) is 0 Å². The monoisotopic (exact) mass is 380 g/mol. The molecule has 5 heteroatoms. The summed E-state index contributed by atoms with van der Waals surface area (Å²) < 4.78 is 36.4. The van der Waals surface area contributed by atoms with E-state index in [9.17, 15) is 26.3 Å². The van der Waals surface area contributed by atoms with Gasteiger partial charge in [0.15, 0.2) is 11.6 Å². The van der Waals surface area contributed by atoms with Crippen molar-refractivity contribution in [1.29, 1.82) is 0 Å². The standard InChI is InChI=1S/C22H32O5/c1-12-8-14-15-5-7-22(27,18(26)11-23)21(15,3)10-17(25)19(14)20(2)6-4-13(24)9-16(12)20/h9,12,14-15,17,19,23,25,27H,4-8,10-11H2,1-3H3/t12-,14-,15-,17-,19+,20-,21-,22-/m0/s1/i10D2,17D,19D. The fraction of sp³-hybridized carbons (Fsp3) is 0.818. The van der Waals surface area contributed by atoms with Crippen molar-refractivity contribution in [2.45, 2.75) is 70.9 Å². The van der Waals surface area contributed by atoms with E-state index < -0.39 is 59.0 Å². The zero-order valence-corrected chi connectivity index (χ0v) is 16.2. The van der Waals surface area contributed by atoms with E-state index in [1.54, 1.807) is 6.92 Å².